The first-order valence-corrected chi connectivity index (χ1v) is 9.05. The maximum absolute atomic E-state index is 12.0. The molecule has 1 aliphatic carbocycles. The summed E-state index contributed by atoms with van der Waals surface area (Å²) in [6.45, 7) is 2.13. The minimum absolute atomic E-state index is 0.271. The van der Waals surface area contributed by atoms with E-state index in [-0.39, 0.29) is 5.56 Å². The first-order valence-electron chi connectivity index (χ1n) is 9.05. The normalized spacial score (nSPS) is 17.7. The lowest BCUT2D eigenvalue weighted by Crippen LogP contribution is -2.27. The number of methoxy groups -OCH3 is 1. The fourth-order valence-electron chi connectivity index (χ4n) is 3.94. The van der Waals surface area contributed by atoms with Gasteiger partial charge in [-0.15, -0.1) is 0 Å². The third kappa shape index (κ3) is 3.08. The first-order chi connectivity index (χ1) is 13.1. The fourth-order valence-corrected chi connectivity index (χ4v) is 3.94. The van der Waals surface area contributed by atoms with E-state index in [9.17, 15) is 9.90 Å². The van der Waals surface area contributed by atoms with E-state index in [1.165, 1.54) is 0 Å². The molecule has 4 rings (SSSR count). The second kappa shape index (κ2) is 6.88. The number of hydrogen-bond donors (Lipinski definition) is 0. The Morgan fingerprint density at radius 2 is 1.89 bits per heavy atom. The van der Waals surface area contributed by atoms with Crippen LogP contribution in [0.5, 0.6) is 5.75 Å². The van der Waals surface area contributed by atoms with Crippen molar-refractivity contribution in [3.05, 3.63) is 70.9 Å². The van der Waals surface area contributed by atoms with Crippen molar-refractivity contribution >= 4 is 28.5 Å². The number of nitrogens with zero attached hydrogens (tertiary/aromatic N) is 1. The molecule has 0 bridgehead atoms. The van der Waals surface area contributed by atoms with Gasteiger partial charge in [-0.25, -0.2) is 4.98 Å². The summed E-state index contributed by atoms with van der Waals surface area (Å²) >= 11 is 0. The van der Waals surface area contributed by atoms with E-state index < -0.39 is 5.97 Å². The van der Waals surface area contributed by atoms with Crippen LogP contribution in [-0.2, 0) is 6.42 Å². The van der Waals surface area contributed by atoms with E-state index in [1.54, 1.807) is 13.2 Å². The Hall–Kier alpha value is -3.14. The summed E-state index contributed by atoms with van der Waals surface area (Å²) < 4.78 is 5.46. The van der Waals surface area contributed by atoms with Gasteiger partial charge in [-0.1, -0.05) is 43.3 Å². The van der Waals surface area contributed by atoms with Gasteiger partial charge in [-0.2, -0.15) is 0 Å². The molecule has 4 heteroatoms. The largest absolute Gasteiger partial charge is 0.545 e. The number of aromatic nitrogens is 1. The first kappa shape index (κ1) is 17.3. The van der Waals surface area contributed by atoms with Crippen LogP contribution in [-0.4, -0.2) is 18.1 Å². The zero-order chi connectivity index (χ0) is 19.0. The van der Waals surface area contributed by atoms with Crippen LogP contribution in [0, 0.1) is 5.92 Å². The molecule has 0 amide bonds. The molecule has 0 N–H and O–H groups in total. The number of carbonyl (C=O) groups is 1. The molecule has 136 valence electrons. The van der Waals surface area contributed by atoms with E-state index in [4.69, 9.17) is 9.72 Å². The number of carbonyl (C=O) groups excluding carboxylic acids is 1. The van der Waals surface area contributed by atoms with Crippen molar-refractivity contribution in [2.24, 2.45) is 5.92 Å². The van der Waals surface area contributed by atoms with E-state index >= 15 is 0 Å². The fraction of sp³-hybridized carbons (Fsp3) is 0.217. The summed E-state index contributed by atoms with van der Waals surface area (Å²) in [5, 5.41) is 12.6. The van der Waals surface area contributed by atoms with Crippen molar-refractivity contribution in [3.8, 4) is 5.75 Å². The topological polar surface area (TPSA) is 62.2 Å². The maximum Gasteiger partial charge on any atom is 0.126 e. The van der Waals surface area contributed by atoms with Crippen molar-refractivity contribution < 1.29 is 14.6 Å². The number of carboxylic acid groups (broad SMARTS) is 1. The van der Waals surface area contributed by atoms with Crippen molar-refractivity contribution in [1.29, 1.82) is 0 Å². The monoisotopic (exact) mass is 358 g/mol. The molecular formula is C23H20NO3-. The van der Waals surface area contributed by atoms with Gasteiger partial charge in [0.15, 0.2) is 0 Å². The number of fused-ring (bicyclic) bond motifs is 2. The molecule has 0 saturated heterocycles. The molecule has 1 aromatic heterocycles. The molecule has 0 unspecified atom stereocenters. The summed E-state index contributed by atoms with van der Waals surface area (Å²) in [5.41, 5.74) is 4.47. The van der Waals surface area contributed by atoms with Crippen LogP contribution in [0.3, 0.4) is 0 Å². The molecule has 1 aliphatic rings. The van der Waals surface area contributed by atoms with Crippen LogP contribution in [0.1, 0.15) is 40.5 Å². The van der Waals surface area contributed by atoms with Crippen molar-refractivity contribution in [3.63, 3.8) is 0 Å². The number of ether oxygens (including phenoxy) is 1. The van der Waals surface area contributed by atoms with Gasteiger partial charge in [0.2, 0.25) is 0 Å². The summed E-state index contributed by atoms with van der Waals surface area (Å²) in [6, 6.07) is 15.2. The number of rotatable bonds is 3. The maximum atomic E-state index is 12.0. The van der Waals surface area contributed by atoms with Crippen LogP contribution in [0.4, 0.5) is 0 Å². The van der Waals surface area contributed by atoms with Gasteiger partial charge in [0.25, 0.3) is 0 Å². The Kier molecular flexibility index (Phi) is 4.40. The number of para-hydroxylation sites is 2. The second-order valence-electron chi connectivity index (χ2n) is 7.04. The third-order valence-corrected chi connectivity index (χ3v) is 5.09. The van der Waals surface area contributed by atoms with Crippen LogP contribution >= 0.6 is 0 Å². The summed E-state index contributed by atoms with van der Waals surface area (Å²) in [4.78, 5) is 16.8. The Morgan fingerprint density at radius 3 is 2.67 bits per heavy atom. The van der Waals surface area contributed by atoms with E-state index in [2.05, 4.69) is 13.0 Å². The molecule has 0 radical (unpaired) electrons. The molecule has 1 heterocycles. The molecule has 0 spiro atoms. The highest BCUT2D eigenvalue weighted by atomic mass is 16.5. The summed E-state index contributed by atoms with van der Waals surface area (Å²) in [5.74, 6) is -0.0409. The molecule has 27 heavy (non-hydrogen) atoms. The predicted octanol–water partition coefficient (Wildman–Crippen LogP) is 3.73. The third-order valence-electron chi connectivity index (χ3n) is 5.09. The Balaban J connectivity index is 1.99. The van der Waals surface area contributed by atoms with Crippen LogP contribution in [0.25, 0.3) is 22.6 Å². The van der Waals surface area contributed by atoms with Gasteiger partial charge in [0.05, 0.1) is 24.3 Å². The summed E-state index contributed by atoms with van der Waals surface area (Å²) in [6.07, 6.45) is 3.58. The smallest absolute Gasteiger partial charge is 0.126 e. The van der Waals surface area contributed by atoms with Crippen LogP contribution in [0.15, 0.2) is 48.5 Å². The average Bonchev–Trinajstić information content (AvgIpc) is 2.66. The van der Waals surface area contributed by atoms with E-state index in [0.717, 1.165) is 34.6 Å². The van der Waals surface area contributed by atoms with Gasteiger partial charge in [-0.3, -0.25) is 0 Å². The van der Waals surface area contributed by atoms with Gasteiger partial charge in [-0.05, 0) is 48.1 Å². The second-order valence-corrected chi connectivity index (χ2v) is 7.04. The lowest BCUT2D eigenvalue weighted by molar-refractivity contribution is -0.254. The number of benzene rings is 2. The molecular weight excluding hydrogens is 338 g/mol. The minimum Gasteiger partial charge on any atom is -0.545 e. The quantitative estimate of drug-likeness (QED) is 0.716. The van der Waals surface area contributed by atoms with Gasteiger partial charge >= 0.3 is 0 Å². The van der Waals surface area contributed by atoms with Gasteiger partial charge in [0.1, 0.15) is 5.75 Å². The van der Waals surface area contributed by atoms with E-state index in [1.807, 2.05) is 42.5 Å². The summed E-state index contributed by atoms with van der Waals surface area (Å²) in [7, 11) is 1.65. The van der Waals surface area contributed by atoms with Gasteiger partial charge < -0.3 is 14.6 Å². The number of carboxylic acids is 1. The standard InChI is InChI=1S/C23H21NO3/c1-14-11-16(13-15-7-3-6-10-20(15)27-2)22-18(12-14)21(23(25)26)17-8-4-5-9-19(17)24-22/h3-10,13-14H,11-12H2,1-2H3,(H,25,26)/p-1/b16-13+/t14-/m1/s1. The molecule has 1 atom stereocenters. The SMILES string of the molecule is COc1ccccc1/C=C1\C[C@@H](C)Cc2c1nc1ccccc1c2C(=O)[O-]. The lowest BCUT2D eigenvalue weighted by atomic mass is 9.80. The highest BCUT2D eigenvalue weighted by molar-refractivity contribution is 6.05. The molecule has 0 aliphatic heterocycles. The molecule has 2 aromatic carbocycles. The highest BCUT2D eigenvalue weighted by Crippen LogP contribution is 2.39. The molecule has 3 aromatic rings. The van der Waals surface area contributed by atoms with Gasteiger partial charge in [0, 0.05) is 16.5 Å². The Labute approximate surface area is 158 Å². The molecule has 0 saturated carbocycles. The lowest BCUT2D eigenvalue weighted by Gasteiger charge is -2.27. The zero-order valence-corrected chi connectivity index (χ0v) is 15.4. The Morgan fingerprint density at radius 1 is 1.15 bits per heavy atom. The highest BCUT2D eigenvalue weighted by Gasteiger charge is 2.25. The number of allylic oxidation sites excluding steroid dienone is 1. The van der Waals surface area contributed by atoms with E-state index in [0.29, 0.717) is 23.2 Å². The van der Waals surface area contributed by atoms with Crippen LogP contribution in [0.2, 0.25) is 0 Å². The Bertz CT molecular complexity index is 1070. The van der Waals surface area contributed by atoms with Crippen molar-refractivity contribution in [2.45, 2.75) is 19.8 Å². The molecule has 0 fully saturated rings. The predicted molar refractivity (Wildman–Crippen MR) is 104 cm³/mol. The van der Waals surface area contributed by atoms with Crippen molar-refractivity contribution in [2.75, 3.05) is 7.11 Å². The zero-order valence-electron chi connectivity index (χ0n) is 15.4. The number of pyridine rings is 1. The van der Waals surface area contributed by atoms with Crippen LogP contribution < -0.4 is 9.84 Å². The number of hydrogen-bond acceptors (Lipinski definition) is 4. The number of aromatic carboxylic acids is 1. The minimum atomic E-state index is -1.14. The van der Waals surface area contributed by atoms with Crippen molar-refractivity contribution in [1.82, 2.24) is 4.98 Å². The molecule has 4 nitrogen and oxygen atoms in total. The average molecular weight is 358 g/mol.